The van der Waals surface area contributed by atoms with Crippen LogP contribution in [0.25, 0.3) is 22.5 Å². The Morgan fingerprint density at radius 1 is 0.879 bits per heavy atom. The van der Waals surface area contributed by atoms with Gasteiger partial charge in [-0.3, -0.25) is 14.8 Å². The van der Waals surface area contributed by atoms with Gasteiger partial charge in [-0.15, -0.1) is 0 Å². The summed E-state index contributed by atoms with van der Waals surface area (Å²) in [5, 5.41) is 0. The molecular weight excluding hydrogens is 410 g/mol. The fourth-order valence-corrected chi connectivity index (χ4v) is 4.44. The second kappa shape index (κ2) is 9.28. The number of benzene rings is 1. The molecule has 1 aliphatic heterocycles. The Morgan fingerprint density at radius 3 is 2.18 bits per heavy atom. The SMILES string of the molecule is Cc1ccccc1C(=O)N1CCC(c2nc(-c3ccncc3)ncc2-c2ccncc2)CC1. The zero-order valence-corrected chi connectivity index (χ0v) is 18.6. The highest BCUT2D eigenvalue weighted by Gasteiger charge is 2.28. The van der Waals surface area contributed by atoms with Crippen molar-refractivity contribution in [2.24, 2.45) is 0 Å². The standard InChI is InChI=1S/C27H25N5O/c1-19-4-2-3-5-23(19)27(33)32-16-10-21(11-17-32)25-24(20-6-12-28-13-7-20)18-30-26(31-25)22-8-14-29-15-9-22/h2-9,12-15,18,21H,10-11,16-17H2,1H3. The second-order valence-electron chi connectivity index (χ2n) is 8.35. The molecule has 6 heteroatoms. The van der Waals surface area contributed by atoms with Crippen molar-refractivity contribution in [3.05, 3.63) is 96.3 Å². The Labute approximate surface area is 193 Å². The van der Waals surface area contributed by atoms with Crippen LogP contribution in [-0.4, -0.2) is 43.8 Å². The van der Waals surface area contributed by atoms with Crippen LogP contribution in [0.15, 0.2) is 79.5 Å². The maximum Gasteiger partial charge on any atom is 0.254 e. The third-order valence-corrected chi connectivity index (χ3v) is 6.29. The third-order valence-electron chi connectivity index (χ3n) is 6.29. The molecule has 0 bridgehead atoms. The lowest BCUT2D eigenvalue weighted by Gasteiger charge is -2.33. The first kappa shape index (κ1) is 20.9. The molecule has 164 valence electrons. The van der Waals surface area contributed by atoms with Crippen molar-refractivity contribution in [2.75, 3.05) is 13.1 Å². The third kappa shape index (κ3) is 4.37. The molecular formula is C27H25N5O. The summed E-state index contributed by atoms with van der Waals surface area (Å²) < 4.78 is 0. The number of aromatic nitrogens is 4. The lowest BCUT2D eigenvalue weighted by Crippen LogP contribution is -2.38. The number of hydrogen-bond donors (Lipinski definition) is 0. The molecule has 33 heavy (non-hydrogen) atoms. The molecule has 0 unspecified atom stereocenters. The smallest absolute Gasteiger partial charge is 0.254 e. The Hall–Kier alpha value is -3.93. The van der Waals surface area contributed by atoms with Gasteiger partial charge in [0.05, 0.1) is 5.69 Å². The topological polar surface area (TPSA) is 71.9 Å². The van der Waals surface area contributed by atoms with E-state index in [9.17, 15) is 4.79 Å². The van der Waals surface area contributed by atoms with Crippen LogP contribution in [0.5, 0.6) is 0 Å². The lowest BCUT2D eigenvalue weighted by atomic mass is 9.88. The first-order valence-electron chi connectivity index (χ1n) is 11.2. The summed E-state index contributed by atoms with van der Waals surface area (Å²) in [7, 11) is 0. The molecule has 6 nitrogen and oxygen atoms in total. The molecule has 1 fully saturated rings. The Morgan fingerprint density at radius 2 is 1.52 bits per heavy atom. The van der Waals surface area contributed by atoms with E-state index in [4.69, 9.17) is 4.98 Å². The van der Waals surface area contributed by atoms with Crippen molar-refractivity contribution in [3.8, 4) is 22.5 Å². The summed E-state index contributed by atoms with van der Waals surface area (Å²) >= 11 is 0. The van der Waals surface area contributed by atoms with Crippen LogP contribution in [0.4, 0.5) is 0 Å². The van der Waals surface area contributed by atoms with Crippen LogP contribution in [0.1, 0.15) is 40.4 Å². The average molecular weight is 436 g/mol. The molecule has 1 aliphatic rings. The summed E-state index contributed by atoms with van der Waals surface area (Å²) in [6.07, 6.45) is 10.7. The summed E-state index contributed by atoms with van der Waals surface area (Å²) in [4.78, 5) is 33.0. The molecule has 0 N–H and O–H groups in total. The predicted octanol–water partition coefficient (Wildman–Crippen LogP) is 4.93. The largest absolute Gasteiger partial charge is 0.339 e. The number of likely N-dealkylation sites (tertiary alicyclic amines) is 1. The highest BCUT2D eigenvalue weighted by Crippen LogP contribution is 2.35. The minimum atomic E-state index is 0.112. The van der Waals surface area contributed by atoms with Gasteiger partial charge in [0.25, 0.3) is 5.91 Å². The monoisotopic (exact) mass is 435 g/mol. The molecule has 1 aromatic carbocycles. The van der Waals surface area contributed by atoms with Gasteiger partial charge in [-0.1, -0.05) is 18.2 Å². The molecule has 0 aliphatic carbocycles. The first-order chi connectivity index (χ1) is 16.2. The molecule has 0 saturated carbocycles. The highest BCUT2D eigenvalue weighted by atomic mass is 16.2. The van der Waals surface area contributed by atoms with Crippen molar-refractivity contribution in [2.45, 2.75) is 25.7 Å². The summed E-state index contributed by atoms with van der Waals surface area (Å²) in [5.41, 5.74) is 5.86. The number of carbonyl (C=O) groups excluding carboxylic acids is 1. The van der Waals surface area contributed by atoms with E-state index in [1.807, 2.05) is 66.6 Å². The first-order valence-corrected chi connectivity index (χ1v) is 11.2. The Bertz CT molecular complexity index is 1250. The fraction of sp³-hybridized carbons (Fsp3) is 0.222. The van der Waals surface area contributed by atoms with E-state index in [2.05, 4.69) is 15.0 Å². The van der Waals surface area contributed by atoms with Gasteiger partial charge in [-0.25, -0.2) is 9.97 Å². The zero-order chi connectivity index (χ0) is 22.6. The summed E-state index contributed by atoms with van der Waals surface area (Å²) in [5.74, 6) is 1.06. The number of hydrogen-bond acceptors (Lipinski definition) is 5. The van der Waals surface area contributed by atoms with Crippen molar-refractivity contribution < 1.29 is 4.79 Å². The van der Waals surface area contributed by atoms with E-state index in [1.54, 1.807) is 24.8 Å². The molecule has 5 rings (SSSR count). The zero-order valence-electron chi connectivity index (χ0n) is 18.6. The molecule has 0 spiro atoms. The van der Waals surface area contributed by atoms with Crippen molar-refractivity contribution in [3.63, 3.8) is 0 Å². The van der Waals surface area contributed by atoms with Gasteiger partial charge in [0.2, 0.25) is 0 Å². The normalized spacial score (nSPS) is 14.3. The molecule has 4 aromatic rings. The molecule has 1 saturated heterocycles. The van der Waals surface area contributed by atoms with Crippen LogP contribution in [0.2, 0.25) is 0 Å². The van der Waals surface area contributed by atoms with E-state index in [-0.39, 0.29) is 11.8 Å². The maximum atomic E-state index is 13.1. The van der Waals surface area contributed by atoms with Crippen LogP contribution >= 0.6 is 0 Å². The molecule has 4 heterocycles. The van der Waals surface area contributed by atoms with Gasteiger partial charge in [0.15, 0.2) is 5.82 Å². The highest BCUT2D eigenvalue weighted by molar-refractivity contribution is 5.95. The average Bonchev–Trinajstić information content (AvgIpc) is 2.89. The number of nitrogens with zero attached hydrogens (tertiary/aromatic N) is 5. The van der Waals surface area contributed by atoms with E-state index < -0.39 is 0 Å². The number of piperidine rings is 1. The summed E-state index contributed by atoms with van der Waals surface area (Å²) in [6.45, 7) is 3.41. The number of pyridine rings is 2. The minimum Gasteiger partial charge on any atom is -0.339 e. The molecule has 1 amide bonds. The maximum absolute atomic E-state index is 13.1. The van der Waals surface area contributed by atoms with Crippen molar-refractivity contribution in [1.29, 1.82) is 0 Å². The van der Waals surface area contributed by atoms with Crippen LogP contribution in [0.3, 0.4) is 0 Å². The summed E-state index contributed by atoms with van der Waals surface area (Å²) in [6, 6.07) is 15.6. The molecule has 0 atom stereocenters. The number of amides is 1. The Balaban J connectivity index is 1.43. The number of carbonyl (C=O) groups is 1. The number of rotatable bonds is 4. The minimum absolute atomic E-state index is 0.112. The van der Waals surface area contributed by atoms with Gasteiger partial charge in [-0.2, -0.15) is 0 Å². The van der Waals surface area contributed by atoms with E-state index in [0.29, 0.717) is 18.9 Å². The van der Waals surface area contributed by atoms with E-state index in [1.165, 1.54) is 0 Å². The van der Waals surface area contributed by atoms with Gasteiger partial charge < -0.3 is 4.90 Å². The second-order valence-corrected chi connectivity index (χ2v) is 8.35. The van der Waals surface area contributed by atoms with Crippen LogP contribution < -0.4 is 0 Å². The number of aryl methyl sites for hydroxylation is 1. The van der Waals surface area contributed by atoms with Gasteiger partial charge >= 0.3 is 0 Å². The van der Waals surface area contributed by atoms with Crippen molar-refractivity contribution >= 4 is 5.91 Å². The van der Waals surface area contributed by atoms with Gasteiger partial charge in [0, 0.05) is 66.7 Å². The molecule has 3 aromatic heterocycles. The van der Waals surface area contributed by atoms with Crippen LogP contribution in [0, 0.1) is 6.92 Å². The lowest BCUT2D eigenvalue weighted by molar-refractivity contribution is 0.0711. The molecule has 0 radical (unpaired) electrons. The van der Waals surface area contributed by atoms with E-state index >= 15 is 0 Å². The van der Waals surface area contributed by atoms with Gasteiger partial charge in [0.1, 0.15) is 0 Å². The quantitative estimate of drug-likeness (QED) is 0.455. The van der Waals surface area contributed by atoms with Crippen molar-refractivity contribution in [1.82, 2.24) is 24.8 Å². The van der Waals surface area contributed by atoms with Crippen LogP contribution in [-0.2, 0) is 0 Å². The predicted molar refractivity (Wildman–Crippen MR) is 128 cm³/mol. The fourth-order valence-electron chi connectivity index (χ4n) is 4.44. The van der Waals surface area contributed by atoms with Gasteiger partial charge in [-0.05, 0) is 61.2 Å². The Kier molecular flexibility index (Phi) is 5.89. The van der Waals surface area contributed by atoms with E-state index in [0.717, 1.165) is 46.4 Å².